The summed E-state index contributed by atoms with van der Waals surface area (Å²) in [4.78, 5) is 60.6. The smallest absolute Gasteiger partial charge is 0.330 e. The van der Waals surface area contributed by atoms with Crippen molar-refractivity contribution in [3.63, 3.8) is 0 Å². The number of carbonyl (C=O) groups is 4. The van der Waals surface area contributed by atoms with Gasteiger partial charge in [-0.25, -0.2) is 51.1 Å². The average Bonchev–Trinajstić information content (AvgIpc) is 3.41. The lowest BCUT2D eigenvalue weighted by molar-refractivity contribution is -0.697. The van der Waals surface area contributed by atoms with Crippen molar-refractivity contribution >= 4 is 24.1 Å². The Morgan fingerprint density at radius 2 is 1.24 bits per heavy atom. The number of likely N-dealkylation sites (tertiary alicyclic amines) is 1. The van der Waals surface area contributed by atoms with Crippen LogP contribution in [0.4, 0.5) is 36.7 Å². The number of carbonyl (C=O) groups excluding carboxylic acids is 4. The first-order valence-electron chi connectivity index (χ1n) is 24.5. The number of piperidine rings is 1. The van der Waals surface area contributed by atoms with Crippen molar-refractivity contribution in [2.24, 2.45) is 0 Å². The highest BCUT2D eigenvalue weighted by atomic mass is 19.2. The molecule has 0 aliphatic carbocycles. The molecule has 3 aliphatic heterocycles. The standard InChI is InChI=1S/C27H33F2N5O4.C27H27F2N5O3/c1-18-23(17-38-2)31-27(36)34(25(18)20-7-8-21(28)22(29)16-20)26(35)30-11-5-12-32-14-9-19(10-15-32)24-6-3-4-13-33(24)37;1-18-24(17-37-2)32-27(36)34(25(18)20-7-8-21(28)22(29)16-20)26(35)31-12-5-13-33-14-9-19(10-15-33)23-6-3-4-11-30-23/h3-4,6-8,13,16,19,25H,5,9-12,14-15,17H2,1-2H3,(H,30,35)(H,31,36);3-4,6-11,14-16,25H,5,12-13,17H2,1-2H3,(H-,31,32,35,36)/p+1. The van der Waals surface area contributed by atoms with Crippen molar-refractivity contribution in [3.8, 4) is 11.3 Å². The van der Waals surface area contributed by atoms with Gasteiger partial charge in [-0.1, -0.05) is 24.3 Å². The number of hydrogen-bond acceptors (Lipinski definition) is 9. The van der Waals surface area contributed by atoms with Crippen LogP contribution in [0.3, 0.4) is 0 Å². The fourth-order valence-electron chi connectivity index (χ4n) is 9.34. The molecule has 8 amide bonds. The second-order valence-electron chi connectivity index (χ2n) is 18.2. The number of amides is 8. The zero-order valence-corrected chi connectivity index (χ0v) is 42.2. The molecule has 5 aromatic rings. The molecule has 0 spiro atoms. The summed E-state index contributed by atoms with van der Waals surface area (Å²) >= 11 is 0. The fourth-order valence-corrected chi connectivity index (χ4v) is 9.34. The highest BCUT2D eigenvalue weighted by molar-refractivity contribution is 5.97. The molecule has 396 valence electrons. The number of ether oxygens (including phenoxy) is 2. The Bertz CT molecular complexity index is 2890. The summed E-state index contributed by atoms with van der Waals surface area (Å²) in [6.07, 6.45) is 10.2. The number of aryl methyl sites for hydroxylation is 1. The zero-order valence-electron chi connectivity index (χ0n) is 42.2. The van der Waals surface area contributed by atoms with Crippen LogP contribution in [0.5, 0.6) is 0 Å². The molecule has 0 saturated carbocycles. The maximum atomic E-state index is 14.0. The number of methoxy groups -OCH3 is 2. The third kappa shape index (κ3) is 13.7. The Morgan fingerprint density at radius 3 is 1.73 bits per heavy atom. The highest BCUT2D eigenvalue weighted by Gasteiger charge is 2.40. The van der Waals surface area contributed by atoms with E-state index in [0.717, 1.165) is 88.2 Å². The zero-order chi connectivity index (χ0) is 53.6. The first-order valence-corrected chi connectivity index (χ1v) is 24.5. The summed E-state index contributed by atoms with van der Waals surface area (Å²) in [7, 11) is 2.95. The number of benzene rings is 2. The molecule has 1 fully saturated rings. The van der Waals surface area contributed by atoms with Gasteiger partial charge in [-0.2, -0.15) is 4.73 Å². The molecule has 8 rings (SSSR count). The molecule has 3 aromatic heterocycles. The maximum Gasteiger partial charge on any atom is 0.330 e. The molecule has 4 N–H and O–H groups in total. The van der Waals surface area contributed by atoms with Gasteiger partial charge in [0.1, 0.15) is 6.54 Å². The topological polar surface area (TPSA) is 188 Å². The molecule has 1 saturated heterocycles. The second-order valence-corrected chi connectivity index (χ2v) is 18.2. The summed E-state index contributed by atoms with van der Waals surface area (Å²) in [6.45, 7) is 7.37. The van der Waals surface area contributed by atoms with Crippen LogP contribution < -0.4 is 30.6 Å². The van der Waals surface area contributed by atoms with E-state index < -0.39 is 59.5 Å². The SMILES string of the molecule is COCC1=C(C)C(c2ccc(F)c(F)c2)N(C(=O)NCCCN2CCC(c3cccc[n+]3[O-])CC2)C(=O)N1.COCC1=C(C)C(c2ccc(F)c(F)c2)N(C(=O)NCCC[n+]2ccc(-c3ccccn3)cc2)C(=O)N1. The molecule has 21 heteroatoms. The Balaban J connectivity index is 0.000000219. The van der Waals surface area contributed by atoms with Crippen LogP contribution in [-0.2, 0) is 16.0 Å². The minimum Gasteiger partial charge on any atom is -0.618 e. The predicted molar refractivity (Wildman–Crippen MR) is 268 cm³/mol. The quantitative estimate of drug-likeness (QED) is 0.0333. The lowest BCUT2D eigenvalue weighted by Gasteiger charge is -2.37. The van der Waals surface area contributed by atoms with E-state index in [9.17, 15) is 41.9 Å². The average molecular weight is 1040 g/mol. The number of urea groups is 4. The van der Waals surface area contributed by atoms with Gasteiger partial charge >= 0.3 is 24.1 Å². The van der Waals surface area contributed by atoms with E-state index >= 15 is 0 Å². The molecule has 75 heavy (non-hydrogen) atoms. The molecule has 17 nitrogen and oxygen atoms in total. The van der Waals surface area contributed by atoms with Gasteiger partial charge < -0.3 is 40.8 Å². The third-order valence-electron chi connectivity index (χ3n) is 13.3. The first-order chi connectivity index (χ1) is 36.2. The van der Waals surface area contributed by atoms with Crippen LogP contribution in [0.15, 0.2) is 132 Å². The summed E-state index contributed by atoms with van der Waals surface area (Å²) in [5.74, 6) is -3.91. The third-order valence-corrected chi connectivity index (χ3v) is 13.3. The van der Waals surface area contributed by atoms with Crippen molar-refractivity contribution in [3.05, 3.63) is 178 Å². The molecule has 0 bridgehead atoms. The number of aromatic nitrogens is 3. The van der Waals surface area contributed by atoms with Gasteiger partial charge in [0, 0.05) is 87.1 Å². The normalized spacial score (nSPS) is 17.3. The van der Waals surface area contributed by atoms with E-state index in [4.69, 9.17) is 9.47 Å². The minimum absolute atomic E-state index is 0.100. The van der Waals surface area contributed by atoms with E-state index in [-0.39, 0.29) is 30.3 Å². The summed E-state index contributed by atoms with van der Waals surface area (Å²) in [5, 5.41) is 22.9. The molecule has 2 atom stereocenters. The van der Waals surface area contributed by atoms with Crippen LogP contribution in [-0.4, -0.2) is 104 Å². The van der Waals surface area contributed by atoms with Crippen LogP contribution in [0.1, 0.15) is 74.4 Å². The largest absolute Gasteiger partial charge is 0.618 e. The molecule has 2 unspecified atom stereocenters. The highest BCUT2D eigenvalue weighted by Crippen LogP contribution is 2.36. The lowest BCUT2D eigenvalue weighted by atomic mass is 9.93. The number of pyridine rings is 3. The molecule has 2 aromatic carbocycles. The number of rotatable bonds is 16. The maximum absolute atomic E-state index is 14.0. The van der Waals surface area contributed by atoms with Crippen LogP contribution >= 0.6 is 0 Å². The van der Waals surface area contributed by atoms with Crippen LogP contribution in [0, 0.1) is 28.5 Å². The van der Waals surface area contributed by atoms with Crippen molar-refractivity contribution in [2.45, 2.75) is 64.1 Å². The van der Waals surface area contributed by atoms with Gasteiger partial charge in [-0.3, -0.25) is 4.98 Å². The molecular formula is C54H61F4N10O7+. The van der Waals surface area contributed by atoms with E-state index in [2.05, 4.69) is 31.2 Å². The molecule has 6 heterocycles. The Labute approximate surface area is 432 Å². The van der Waals surface area contributed by atoms with Gasteiger partial charge in [0.15, 0.2) is 47.6 Å². The van der Waals surface area contributed by atoms with Gasteiger partial charge in [0.25, 0.3) is 0 Å². The molecule has 3 aliphatic rings. The number of halogens is 4. The van der Waals surface area contributed by atoms with E-state index in [1.807, 2.05) is 59.4 Å². The summed E-state index contributed by atoms with van der Waals surface area (Å²) in [6, 6.07) is 17.4. The van der Waals surface area contributed by atoms with Crippen molar-refractivity contribution in [2.75, 3.05) is 60.2 Å². The lowest BCUT2D eigenvalue weighted by Crippen LogP contribution is -2.54. The molecular weight excluding hydrogens is 977 g/mol. The molecule has 0 radical (unpaired) electrons. The van der Waals surface area contributed by atoms with E-state index in [0.29, 0.717) is 55.0 Å². The van der Waals surface area contributed by atoms with Gasteiger partial charge in [-0.05, 0) is 111 Å². The van der Waals surface area contributed by atoms with Crippen molar-refractivity contribution in [1.82, 2.24) is 41.0 Å². The number of nitrogens with one attached hydrogen (secondary N) is 4. The van der Waals surface area contributed by atoms with Crippen LogP contribution in [0.25, 0.3) is 11.3 Å². The van der Waals surface area contributed by atoms with Crippen LogP contribution in [0.2, 0.25) is 0 Å². The van der Waals surface area contributed by atoms with Crippen molar-refractivity contribution < 1.29 is 55.5 Å². The fraction of sp³-hybridized carbons (Fsp3) is 0.352. The van der Waals surface area contributed by atoms with E-state index in [1.165, 1.54) is 32.5 Å². The number of imide groups is 2. The summed E-state index contributed by atoms with van der Waals surface area (Å²) in [5.41, 5.74) is 5.36. The predicted octanol–water partition coefficient (Wildman–Crippen LogP) is 7.67. The first kappa shape index (κ1) is 55.0. The number of nitrogens with zero attached hydrogens (tertiary/aromatic N) is 6. The minimum atomic E-state index is -1.06. The Kier molecular flexibility index (Phi) is 19.0. The van der Waals surface area contributed by atoms with E-state index in [1.54, 1.807) is 26.1 Å². The Hall–Kier alpha value is -7.75. The van der Waals surface area contributed by atoms with Crippen molar-refractivity contribution in [1.29, 1.82) is 0 Å². The van der Waals surface area contributed by atoms with Gasteiger partial charge in [0.2, 0.25) is 0 Å². The van der Waals surface area contributed by atoms with Gasteiger partial charge in [-0.15, -0.1) is 0 Å². The monoisotopic (exact) mass is 1040 g/mol. The second kappa shape index (κ2) is 26.0. The summed E-state index contributed by atoms with van der Waals surface area (Å²) < 4.78 is 68.4. The number of hydrogen-bond donors (Lipinski definition) is 4. The van der Waals surface area contributed by atoms with Gasteiger partial charge in [0.05, 0.1) is 31.0 Å². The Morgan fingerprint density at radius 1 is 0.707 bits per heavy atom.